The van der Waals surface area contributed by atoms with Crippen LogP contribution in [0.3, 0.4) is 0 Å². The topological polar surface area (TPSA) is 125 Å². The number of nitrogens with zero attached hydrogens (tertiary/aromatic N) is 5. The van der Waals surface area contributed by atoms with Gasteiger partial charge >= 0.3 is 6.09 Å². The number of β-amino-alcohol motifs (C(OH)–C–C–N with tert-alkyl or cyclic N) is 1. The first kappa shape index (κ1) is 50.6. The summed E-state index contributed by atoms with van der Waals surface area (Å²) in [6.07, 6.45) is 7.47. The van der Waals surface area contributed by atoms with E-state index in [9.17, 15) is 14.7 Å². The Morgan fingerprint density at radius 2 is 1.57 bits per heavy atom. The van der Waals surface area contributed by atoms with Gasteiger partial charge < -0.3 is 29.9 Å². The molecule has 61 heavy (non-hydrogen) atoms. The number of benzene rings is 3. The largest absolute Gasteiger partial charge is 0.444 e. The normalized spacial score (nSPS) is 17.0. The highest BCUT2D eigenvalue weighted by molar-refractivity contribution is 5.92. The Morgan fingerprint density at radius 1 is 0.967 bits per heavy atom. The lowest BCUT2D eigenvalue weighted by Crippen LogP contribution is -2.52. The molecule has 2 unspecified atom stereocenters. The molecule has 0 radical (unpaired) electrons. The fourth-order valence-electron chi connectivity index (χ4n) is 6.88. The maximum Gasteiger partial charge on any atom is 0.410 e. The maximum atomic E-state index is 12.4. The molecule has 11 heteroatoms. The van der Waals surface area contributed by atoms with Crippen LogP contribution in [0.15, 0.2) is 71.2 Å². The molecular formula is C50H77N7O4. The van der Waals surface area contributed by atoms with Crippen molar-refractivity contribution in [2.24, 2.45) is 4.99 Å². The monoisotopic (exact) mass is 840 g/mol. The van der Waals surface area contributed by atoms with Crippen molar-refractivity contribution in [1.82, 2.24) is 24.9 Å². The average molecular weight is 840 g/mol. The highest BCUT2D eigenvalue weighted by Crippen LogP contribution is 2.33. The van der Waals surface area contributed by atoms with Gasteiger partial charge in [0.2, 0.25) is 5.91 Å². The summed E-state index contributed by atoms with van der Waals surface area (Å²) in [5, 5.41) is 23.7. The van der Waals surface area contributed by atoms with Crippen LogP contribution in [0.1, 0.15) is 124 Å². The van der Waals surface area contributed by atoms with Crippen LogP contribution in [-0.4, -0.2) is 119 Å². The highest BCUT2D eigenvalue weighted by Gasteiger charge is 2.27. The van der Waals surface area contributed by atoms with Gasteiger partial charge in [0.05, 0.1) is 18.3 Å². The minimum Gasteiger partial charge on any atom is -0.444 e. The van der Waals surface area contributed by atoms with Gasteiger partial charge in [0.15, 0.2) is 0 Å². The molecular weight excluding hydrogens is 763 g/mol. The summed E-state index contributed by atoms with van der Waals surface area (Å²) < 4.78 is 5.41. The van der Waals surface area contributed by atoms with Crippen molar-refractivity contribution in [3.05, 3.63) is 82.9 Å². The first-order chi connectivity index (χ1) is 29.1. The number of carbonyl (C=O) groups excluding carboxylic acids is 2. The maximum absolute atomic E-state index is 12.4. The summed E-state index contributed by atoms with van der Waals surface area (Å²) in [6.45, 7) is 25.4. The molecule has 3 aliphatic rings. The first-order valence-corrected chi connectivity index (χ1v) is 22.7. The third-order valence-electron chi connectivity index (χ3n) is 10.8. The van der Waals surface area contributed by atoms with Gasteiger partial charge in [-0.15, -0.1) is 0 Å². The Hall–Kier alpha value is -4.74. The fourth-order valence-corrected chi connectivity index (χ4v) is 6.88. The Bertz CT molecular complexity index is 1890. The second-order valence-electron chi connectivity index (χ2n) is 17.1. The molecule has 2 aliphatic heterocycles. The minimum atomic E-state index is -0.510. The molecule has 3 aromatic rings. The number of hydrogen-bond acceptors (Lipinski definition) is 7. The lowest BCUT2D eigenvalue weighted by molar-refractivity contribution is -0.122. The van der Waals surface area contributed by atoms with Gasteiger partial charge in [-0.05, 0) is 94.3 Å². The van der Waals surface area contributed by atoms with Gasteiger partial charge in [0.1, 0.15) is 17.3 Å². The van der Waals surface area contributed by atoms with Gasteiger partial charge in [0.25, 0.3) is 0 Å². The van der Waals surface area contributed by atoms with Crippen LogP contribution in [0, 0.1) is 5.41 Å². The molecule has 2 saturated heterocycles. The summed E-state index contributed by atoms with van der Waals surface area (Å²) in [5.74, 6) is 1.50. The number of rotatable bonds is 9. The first-order valence-electron chi connectivity index (χ1n) is 22.7. The average Bonchev–Trinajstić information content (AvgIpc) is 3.67. The van der Waals surface area contributed by atoms with Crippen molar-refractivity contribution < 1.29 is 19.4 Å². The molecule has 3 N–H and O–H groups in total. The lowest BCUT2D eigenvalue weighted by atomic mass is 9.90. The molecule has 3 fully saturated rings. The van der Waals surface area contributed by atoms with Crippen molar-refractivity contribution in [3.8, 4) is 0 Å². The lowest BCUT2D eigenvalue weighted by Gasteiger charge is -2.35. The third kappa shape index (κ3) is 16.6. The number of hydrogen-bond donors (Lipinski definition) is 3. The number of aliphatic imine (C=N–C) groups is 1. The Morgan fingerprint density at radius 3 is 2.10 bits per heavy atom. The van der Waals surface area contributed by atoms with E-state index in [1.165, 1.54) is 42.0 Å². The van der Waals surface area contributed by atoms with Crippen LogP contribution in [0.25, 0.3) is 16.8 Å². The number of amidine groups is 2. The summed E-state index contributed by atoms with van der Waals surface area (Å²) in [7, 11) is 2.09. The third-order valence-corrected chi connectivity index (χ3v) is 10.8. The van der Waals surface area contributed by atoms with E-state index in [0.29, 0.717) is 58.1 Å². The molecule has 336 valence electrons. The van der Waals surface area contributed by atoms with Crippen molar-refractivity contribution in [2.75, 3.05) is 59.4 Å². The molecule has 3 aromatic carbocycles. The van der Waals surface area contributed by atoms with Gasteiger partial charge in [-0.2, -0.15) is 0 Å². The van der Waals surface area contributed by atoms with E-state index in [1.807, 2.05) is 75.6 Å². The van der Waals surface area contributed by atoms with Gasteiger partial charge in [-0.25, -0.2) is 9.79 Å². The number of ether oxygens (including phenoxy) is 1. The Kier molecular flexibility index (Phi) is 21.0. The van der Waals surface area contributed by atoms with Crippen molar-refractivity contribution in [1.29, 1.82) is 5.41 Å². The zero-order chi connectivity index (χ0) is 45.1. The predicted octanol–water partition coefficient (Wildman–Crippen LogP) is 9.85. The van der Waals surface area contributed by atoms with Crippen LogP contribution < -0.4 is 5.32 Å². The van der Waals surface area contributed by atoms with E-state index in [1.54, 1.807) is 10.5 Å². The van der Waals surface area contributed by atoms with Crippen molar-refractivity contribution >= 4 is 46.2 Å². The number of aliphatic hydroxyl groups excluding tert-OH is 1. The quantitative estimate of drug-likeness (QED) is 0.145. The standard InChI is InChI=1S/C25H39N5O4.C20H24N2.C3H8.C2H6/c1-18(23(26)30-10-9-21(31)16-30)20-7-5-19(6-8-20)15-27-22(32)17-28-11-13-29(14-12-28)24(33)34-25(2,3)4;1-4-22(3)15(2)21-20-14-18-11-6-5-10-17(18)13-19(20)12-16-8-7-9-16;1-3-2;1-2/h5-8,18,21,26,31H,9-17H2,1-4H3,(H,27,32);5-6,10-14H,4,7-9H2,1-3H3;3H2,1-2H3;1-2H3. The number of nitrogens with one attached hydrogen (secondary N) is 2. The van der Waals surface area contributed by atoms with Gasteiger partial charge in [0, 0.05) is 70.9 Å². The summed E-state index contributed by atoms with van der Waals surface area (Å²) >= 11 is 0. The van der Waals surface area contributed by atoms with E-state index in [-0.39, 0.29) is 24.0 Å². The second-order valence-corrected chi connectivity index (χ2v) is 17.1. The summed E-state index contributed by atoms with van der Waals surface area (Å²) in [5.41, 5.74) is 5.41. The van der Waals surface area contributed by atoms with Crippen molar-refractivity contribution in [3.63, 3.8) is 0 Å². The highest BCUT2D eigenvalue weighted by atomic mass is 16.6. The number of amides is 2. The number of carbonyl (C=O) groups is 2. The van der Waals surface area contributed by atoms with E-state index in [2.05, 4.69) is 87.4 Å². The van der Waals surface area contributed by atoms with E-state index >= 15 is 0 Å². The molecule has 2 atom stereocenters. The van der Waals surface area contributed by atoms with E-state index in [4.69, 9.17) is 15.1 Å². The predicted molar refractivity (Wildman–Crippen MR) is 255 cm³/mol. The zero-order valence-electron chi connectivity index (χ0n) is 39.3. The number of likely N-dealkylation sites (tertiary alicyclic amines) is 1. The van der Waals surface area contributed by atoms with Gasteiger partial charge in [-0.3, -0.25) is 15.1 Å². The fraction of sp³-hybridized carbons (Fsp3) is 0.560. The number of fused-ring (bicyclic) bond motifs is 1. The van der Waals surface area contributed by atoms with Crippen molar-refractivity contribution in [2.45, 2.75) is 126 Å². The molecule has 2 amide bonds. The Balaban J connectivity index is 0.000000315. The molecule has 11 nitrogen and oxygen atoms in total. The van der Waals surface area contributed by atoms with Crippen LogP contribution in [0.5, 0.6) is 0 Å². The molecule has 1 saturated carbocycles. The molecule has 0 aromatic heterocycles. The molecule has 6 rings (SSSR count). The van der Waals surface area contributed by atoms with Gasteiger partial charge in [-0.1, -0.05) is 101 Å². The summed E-state index contributed by atoms with van der Waals surface area (Å²) in [4.78, 5) is 37.3. The number of allylic oxidation sites excluding steroid dienone is 1. The SMILES string of the molecule is CC.CC(C(=N)N1CCC(O)C1)c1ccc(CNC(=O)CN2CCN(C(=O)OC(C)(C)C)CC2)cc1.CCC.CCN(C)C(C)=Nc1cc2ccccc2cc1C=C1CCC1. The molecule has 1 aliphatic carbocycles. The number of piperazine rings is 1. The molecule has 2 heterocycles. The van der Waals surface area contributed by atoms with Crippen LogP contribution in [-0.2, 0) is 16.1 Å². The molecule has 0 bridgehead atoms. The number of aliphatic hydroxyl groups is 1. The Labute approximate surface area is 367 Å². The van der Waals surface area contributed by atoms with E-state index in [0.717, 1.165) is 35.7 Å². The second kappa shape index (κ2) is 25.3. The van der Waals surface area contributed by atoms with E-state index < -0.39 is 5.60 Å². The molecule has 0 spiro atoms. The minimum absolute atomic E-state index is 0.0440. The summed E-state index contributed by atoms with van der Waals surface area (Å²) in [6, 6.07) is 21.0. The zero-order valence-corrected chi connectivity index (χ0v) is 39.3. The van der Waals surface area contributed by atoms with Crippen LogP contribution in [0.2, 0.25) is 0 Å². The smallest absolute Gasteiger partial charge is 0.410 e. The van der Waals surface area contributed by atoms with Crippen LogP contribution in [0.4, 0.5) is 10.5 Å². The van der Waals surface area contributed by atoms with Crippen LogP contribution >= 0.6 is 0 Å².